The summed E-state index contributed by atoms with van der Waals surface area (Å²) < 4.78 is 14.7. The highest BCUT2D eigenvalue weighted by molar-refractivity contribution is 5.75. The summed E-state index contributed by atoms with van der Waals surface area (Å²) in [6, 6.07) is 0. The van der Waals surface area contributed by atoms with Crippen LogP contribution in [-0.2, 0) is 4.79 Å². The Morgan fingerprint density at radius 2 is 1.57 bits per heavy atom. The topological polar surface area (TPSA) is 17.1 Å². The summed E-state index contributed by atoms with van der Waals surface area (Å²) in [7, 11) is 0. The van der Waals surface area contributed by atoms with Crippen LogP contribution in [0, 0.1) is 40.4 Å². The summed E-state index contributed by atoms with van der Waals surface area (Å²) in [4.78, 5) is 11.3. The van der Waals surface area contributed by atoms with Crippen molar-refractivity contribution in [3.63, 3.8) is 0 Å². The average molecular weight is 393 g/mol. The fourth-order valence-electron chi connectivity index (χ4n) is 8.51. The molecular weight excluding hydrogens is 347 g/mol. The minimum absolute atomic E-state index is 0.272. The van der Waals surface area contributed by atoms with E-state index in [0.29, 0.717) is 17.1 Å². The summed E-state index contributed by atoms with van der Waals surface area (Å²) in [6.07, 6.45) is 13.6. The predicted octanol–water partition coefficient (Wildman–Crippen LogP) is 7.77. The normalized spacial score (nSPS) is 47.2. The van der Waals surface area contributed by atoms with E-state index in [9.17, 15) is 9.18 Å². The van der Waals surface area contributed by atoms with E-state index in [1.165, 1.54) is 44.9 Å². The lowest BCUT2D eigenvalue weighted by atomic mass is 9.44. The lowest BCUT2D eigenvalue weighted by molar-refractivity contribution is -0.130. The highest BCUT2D eigenvalue weighted by Gasteiger charge is 2.60. The maximum Gasteiger partial charge on any atom is 0.129 e. The number of fused-ring (bicyclic) bond motifs is 5. The van der Waals surface area contributed by atoms with Gasteiger partial charge in [-0.05, 0) is 118 Å². The molecule has 28 heavy (non-hydrogen) atoms. The van der Waals surface area contributed by atoms with Crippen molar-refractivity contribution in [2.45, 2.75) is 118 Å². The first kappa shape index (κ1) is 22.3. The average Bonchev–Trinajstić information content (AvgIpc) is 3.00. The van der Waals surface area contributed by atoms with Crippen LogP contribution in [-0.4, -0.2) is 12.0 Å². The van der Waals surface area contributed by atoms with E-state index in [1.54, 1.807) is 6.92 Å². The summed E-state index contributed by atoms with van der Waals surface area (Å²) in [5.74, 6) is 3.99. The Labute approximate surface area is 173 Å². The molecule has 4 saturated carbocycles. The Balaban J connectivity index is 0.00000109. The molecule has 4 aliphatic rings. The SMILES string of the molecule is CC.CC(=O)CCCC1CCC2C3CCC4C(F)CCCC4(C)C3CCC12C. The third-order valence-corrected chi connectivity index (χ3v) is 9.85. The first-order chi connectivity index (χ1) is 13.4. The number of Topliss-reactive ketones (excluding diaryl/α,β-unsaturated/α-hetero) is 1. The molecule has 0 spiro atoms. The molecular formula is C26H45FO. The van der Waals surface area contributed by atoms with E-state index in [4.69, 9.17) is 0 Å². The van der Waals surface area contributed by atoms with Gasteiger partial charge in [0.2, 0.25) is 0 Å². The molecule has 0 saturated heterocycles. The van der Waals surface area contributed by atoms with Crippen LogP contribution < -0.4 is 0 Å². The number of carbonyl (C=O) groups excluding carboxylic acids is 1. The Bertz CT molecular complexity index is 545. The van der Waals surface area contributed by atoms with Crippen LogP contribution in [0.1, 0.15) is 112 Å². The van der Waals surface area contributed by atoms with Crippen molar-refractivity contribution in [2.75, 3.05) is 0 Å². The molecule has 1 nitrogen and oxygen atoms in total. The van der Waals surface area contributed by atoms with Crippen molar-refractivity contribution in [1.82, 2.24) is 0 Å². The summed E-state index contributed by atoms with van der Waals surface area (Å²) in [5.41, 5.74) is 0.763. The molecule has 0 radical (unpaired) electrons. The highest BCUT2D eigenvalue weighted by Crippen LogP contribution is 2.68. The van der Waals surface area contributed by atoms with Crippen LogP contribution in [0.3, 0.4) is 0 Å². The number of carbonyl (C=O) groups is 1. The Morgan fingerprint density at radius 1 is 0.893 bits per heavy atom. The fourth-order valence-corrected chi connectivity index (χ4v) is 8.51. The lowest BCUT2D eigenvalue weighted by Crippen LogP contribution is -2.54. The molecule has 0 amide bonds. The van der Waals surface area contributed by atoms with Gasteiger partial charge in [-0.1, -0.05) is 27.7 Å². The van der Waals surface area contributed by atoms with Crippen molar-refractivity contribution < 1.29 is 9.18 Å². The molecule has 8 unspecified atom stereocenters. The molecule has 4 aliphatic carbocycles. The Hall–Kier alpha value is -0.400. The van der Waals surface area contributed by atoms with Crippen molar-refractivity contribution >= 4 is 5.78 Å². The van der Waals surface area contributed by atoms with Crippen LogP contribution in [0.4, 0.5) is 4.39 Å². The standard InChI is InChI=1S/C24H39FO.C2H6/c1-16(26)6-4-7-17-9-11-19-18-10-12-21-22(25)8-5-14-24(21,3)20(18)13-15-23(17,19)2;1-2/h17-22H,4-15H2,1-3H3;1-2H3. The number of alkyl halides is 1. The van der Waals surface area contributed by atoms with Crippen molar-refractivity contribution in [2.24, 2.45) is 40.4 Å². The third kappa shape index (κ3) is 3.71. The molecule has 4 fully saturated rings. The van der Waals surface area contributed by atoms with Gasteiger partial charge in [-0.3, -0.25) is 0 Å². The Kier molecular flexibility index (Phi) is 6.98. The fraction of sp³-hybridized carbons (Fsp3) is 0.962. The Morgan fingerprint density at radius 3 is 2.29 bits per heavy atom. The van der Waals surface area contributed by atoms with Gasteiger partial charge in [0.05, 0.1) is 0 Å². The predicted molar refractivity (Wildman–Crippen MR) is 116 cm³/mol. The zero-order chi connectivity index (χ0) is 20.5. The van der Waals surface area contributed by atoms with Crippen molar-refractivity contribution in [3.05, 3.63) is 0 Å². The molecule has 0 aromatic carbocycles. The summed E-state index contributed by atoms with van der Waals surface area (Å²) in [6.45, 7) is 10.8. The van der Waals surface area contributed by atoms with Crippen LogP contribution in [0.15, 0.2) is 0 Å². The zero-order valence-corrected chi connectivity index (χ0v) is 19.2. The molecule has 4 rings (SSSR count). The van der Waals surface area contributed by atoms with Crippen molar-refractivity contribution in [1.29, 1.82) is 0 Å². The smallest absolute Gasteiger partial charge is 0.129 e. The monoisotopic (exact) mass is 392 g/mol. The number of hydrogen-bond acceptors (Lipinski definition) is 1. The molecule has 8 atom stereocenters. The first-order valence-electron chi connectivity index (χ1n) is 12.5. The zero-order valence-electron chi connectivity index (χ0n) is 19.2. The second kappa shape index (κ2) is 8.76. The minimum Gasteiger partial charge on any atom is -0.300 e. The molecule has 0 bridgehead atoms. The van der Waals surface area contributed by atoms with Gasteiger partial charge in [-0.2, -0.15) is 0 Å². The van der Waals surface area contributed by atoms with E-state index >= 15 is 0 Å². The quantitative estimate of drug-likeness (QED) is 0.477. The van der Waals surface area contributed by atoms with Gasteiger partial charge in [0.15, 0.2) is 0 Å². The van der Waals surface area contributed by atoms with E-state index in [1.807, 2.05) is 13.8 Å². The van der Waals surface area contributed by atoms with E-state index in [2.05, 4.69) is 13.8 Å². The number of rotatable bonds is 4. The third-order valence-electron chi connectivity index (χ3n) is 9.85. The van der Waals surface area contributed by atoms with Crippen molar-refractivity contribution in [3.8, 4) is 0 Å². The van der Waals surface area contributed by atoms with Gasteiger partial charge in [0.25, 0.3) is 0 Å². The first-order valence-corrected chi connectivity index (χ1v) is 12.5. The van der Waals surface area contributed by atoms with E-state index in [0.717, 1.165) is 55.8 Å². The minimum atomic E-state index is -0.536. The molecule has 0 N–H and O–H groups in total. The maximum absolute atomic E-state index is 14.7. The summed E-state index contributed by atoms with van der Waals surface area (Å²) in [5, 5.41) is 0. The van der Waals surface area contributed by atoms with Crippen LogP contribution in [0.5, 0.6) is 0 Å². The molecule has 162 valence electrons. The van der Waals surface area contributed by atoms with Gasteiger partial charge in [0, 0.05) is 6.42 Å². The number of halogens is 1. The molecule has 0 heterocycles. The molecule has 0 aromatic rings. The lowest BCUT2D eigenvalue weighted by Gasteiger charge is -2.61. The van der Waals surface area contributed by atoms with Gasteiger partial charge >= 0.3 is 0 Å². The molecule has 2 heteroatoms. The van der Waals surface area contributed by atoms with Gasteiger partial charge in [-0.15, -0.1) is 0 Å². The van der Waals surface area contributed by atoms with Crippen LogP contribution >= 0.6 is 0 Å². The number of hydrogen-bond donors (Lipinski definition) is 0. The largest absolute Gasteiger partial charge is 0.300 e. The molecule has 0 aliphatic heterocycles. The summed E-state index contributed by atoms with van der Waals surface area (Å²) >= 11 is 0. The van der Waals surface area contributed by atoms with Crippen LogP contribution in [0.2, 0.25) is 0 Å². The van der Waals surface area contributed by atoms with Gasteiger partial charge < -0.3 is 4.79 Å². The highest BCUT2D eigenvalue weighted by atomic mass is 19.1. The van der Waals surface area contributed by atoms with Gasteiger partial charge in [0.1, 0.15) is 12.0 Å². The van der Waals surface area contributed by atoms with E-state index in [-0.39, 0.29) is 5.41 Å². The second-order valence-corrected chi connectivity index (χ2v) is 10.9. The maximum atomic E-state index is 14.7. The van der Waals surface area contributed by atoms with E-state index < -0.39 is 6.17 Å². The second-order valence-electron chi connectivity index (χ2n) is 10.9. The van der Waals surface area contributed by atoms with Crippen LogP contribution in [0.25, 0.3) is 0 Å². The van der Waals surface area contributed by atoms with Gasteiger partial charge in [-0.25, -0.2) is 4.39 Å². The molecule has 0 aromatic heterocycles. The number of ketones is 1.